The van der Waals surface area contributed by atoms with Gasteiger partial charge in [0, 0.05) is 18.5 Å². The molecule has 0 saturated carbocycles. The summed E-state index contributed by atoms with van der Waals surface area (Å²) in [5.41, 5.74) is 6.67. The molecule has 2 N–H and O–H groups in total. The average Bonchev–Trinajstić information content (AvgIpc) is 2.65. The van der Waals surface area contributed by atoms with Crippen molar-refractivity contribution >= 4 is 11.8 Å². The Balaban J connectivity index is 2.21. The maximum absolute atomic E-state index is 5.57. The molecule has 2 aromatic rings. The van der Waals surface area contributed by atoms with Crippen LogP contribution in [-0.4, -0.2) is 20.2 Å². The van der Waals surface area contributed by atoms with Gasteiger partial charge in [-0.05, 0) is 39.9 Å². The monoisotopic (exact) mass is 221 g/mol. The van der Waals surface area contributed by atoms with Gasteiger partial charge in [-0.25, -0.2) is 4.68 Å². The highest BCUT2D eigenvalue weighted by Gasteiger charge is 2.04. The van der Waals surface area contributed by atoms with E-state index in [-0.39, 0.29) is 0 Å². The molecule has 5 nitrogen and oxygen atoms in total. The third-order valence-corrected chi connectivity index (χ3v) is 2.94. The highest BCUT2D eigenvalue weighted by Crippen LogP contribution is 2.25. The van der Waals surface area contributed by atoms with Crippen molar-refractivity contribution in [2.45, 2.75) is 16.6 Å². The number of tetrazole rings is 1. The van der Waals surface area contributed by atoms with Gasteiger partial charge in [0.2, 0.25) is 5.16 Å². The molecule has 1 aromatic carbocycles. The zero-order valence-electron chi connectivity index (χ0n) is 8.29. The first-order valence-electron chi connectivity index (χ1n) is 4.49. The van der Waals surface area contributed by atoms with Gasteiger partial charge >= 0.3 is 0 Å². The molecule has 0 atom stereocenters. The van der Waals surface area contributed by atoms with Crippen LogP contribution in [0.3, 0.4) is 0 Å². The molecule has 0 aliphatic heterocycles. The molecule has 1 aromatic heterocycles. The Labute approximate surface area is 91.7 Å². The molecule has 0 bridgehead atoms. The predicted molar refractivity (Wildman–Crippen MR) is 57.3 cm³/mol. The summed E-state index contributed by atoms with van der Waals surface area (Å²) in [7, 11) is 1.81. The van der Waals surface area contributed by atoms with Gasteiger partial charge in [-0.1, -0.05) is 12.1 Å². The van der Waals surface area contributed by atoms with Crippen molar-refractivity contribution in [3.05, 3.63) is 29.8 Å². The summed E-state index contributed by atoms with van der Waals surface area (Å²) in [4.78, 5) is 1.09. The molecular formula is C9H11N5S. The third kappa shape index (κ3) is 2.34. The first-order valence-corrected chi connectivity index (χ1v) is 5.30. The fourth-order valence-electron chi connectivity index (χ4n) is 1.15. The molecule has 0 aliphatic carbocycles. The van der Waals surface area contributed by atoms with Crippen molar-refractivity contribution in [1.82, 2.24) is 20.2 Å². The molecule has 78 valence electrons. The van der Waals surface area contributed by atoms with Crippen LogP contribution in [0.25, 0.3) is 0 Å². The highest BCUT2D eigenvalue weighted by molar-refractivity contribution is 7.99. The summed E-state index contributed by atoms with van der Waals surface area (Å²) in [5.74, 6) is 0. The van der Waals surface area contributed by atoms with E-state index in [1.165, 1.54) is 11.8 Å². The van der Waals surface area contributed by atoms with Gasteiger partial charge in [0.25, 0.3) is 0 Å². The minimum atomic E-state index is 0.547. The van der Waals surface area contributed by atoms with Crippen molar-refractivity contribution in [2.75, 3.05) is 0 Å². The smallest absolute Gasteiger partial charge is 0.213 e. The number of rotatable bonds is 3. The SMILES string of the molecule is Cn1nnnc1Sc1cccc(CN)c1. The second kappa shape index (κ2) is 4.41. The Morgan fingerprint density at radius 3 is 3.00 bits per heavy atom. The number of nitrogens with two attached hydrogens (primary N) is 1. The van der Waals surface area contributed by atoms with E-state index in [0.29, 0.717) is 6.54 Å². The van der Waals surface area contributed by atoms with Crippen LogP contribution >= 0.6 is 11.8 Å². The lowest BCUT2D eigenvalue weighted by Gasteiger charge is -2.01. The van der Waals surface area contributed by atoms with Crippen LogP contribution in [0, 0.1) is 0 Å². The average molecular weight is 221 g/mol. The molecule has 2 rings (SSSR count). The van der Waals surface area contributed by atoms with Gasteiger partial charge in [0.05, 0.1) is 0 Å². The molecule has 1 heterocycles. The molecule has 0 aliphatic rings. The summed E-state index contributed by atoms with van der Waals surface area (Å²) >= 11 is 1.52. The van der Waals surface area contributed by atoms with Crippen molar-refractivity contribution in [1.29, 1.82) is 0 Å². The number of benzene rings is 1. The van der Waals surface area contributed by atoms with Crippen molar-refractivity contribution in [2.24, 2.45) is 12.8 Å². The molecular weight excluding hydrogens is 210 g/mol. The van der Waals surface area contributed by atoms with Crippen LogP contribution in [0.4, 0.5) is 0 Å². The van der Waals surface area contributed by atoms with Gasteiger partial charge < -0.3 is 5.73 Å². The molecule has 0 unspecified atom stereocenters. The number of aromatic nitrogens is 4. The Hall–Kier alpha value is -1.40. The van der Waals surface area contributed by atoms with Crippen LogP contribution in [-0.2, 0) is 13.6 Å². The standard InChI is InChI=1S/C9H11N5S/c1-14-9(11-12-13-14)15-8-4-2-3-7(5-8)6-10/h2-5H,6,10H2,1H3. The number of hydrogen-bond acceptors (Lipinski definition) is 5. The van der Waals surface area contributed by atoms with Crippen LogP contribution in [0.15, 0.2) is 34.3 Å². The van der Waals surface area contributed by atoms with Gasteiger partial charge in [-0.15, -0.1) is 5.10 Å². The summed E-state index contributed by atoms with van der Waals surface area (Å²) in [6, 6.07) is 8.03. The summed E-state index contributed by atoms with van der Waals surface area (Å²) in [6.07, 6.45) is 0. The zero-order valence-corrected chi connectivity index (χ0v) is 9.11. The predicted octanol–water partition coefficient (Wildman–Crippen LogP) is 0.820. The second-order valence-corrected chi connectivity index (χ2v) is 4.08. The van der Waals surface area contributed by atoms with Crippen LogP contribution in [0.1, 0.15) is 5.56 Å². The third-order valence-electron chi connectivity index (χ3n) is 1.92. The molecule has 6 heteroatoms. The van der Waals surface area contributed by atoms with Gasteiger partial charge in [0.1, 0.15) is 0 Å². The number of aryl methyl sites for hydroxylation is 1. The molecule has 0 fully saturated rings. The van der Waals surface area contributed by atoms with Gasteiger partial charge in [0.15, 0.2) is 0 Å². The quantitative estimate of drug-likeness (QED) is 0.831. The maximum Gasteiger partial charge on any atom is 0.213 e. The normalized spacial score (nSPS) is 10.5. The van der Waals surface area contributed by atoms with Gasteiger partial charge in [-0.3, -0.25) is 0 Å². The fourth-order valence-corrected chi connectivity index (χ4v) is 1.96. The molecule has 0 saturated heterocycles. The maximum atomic E-state index is 5.57. The van der Waals surface area contributed by atoms with E-state index in [1.807, 2.05) is 31.3 Å². The van der Waals surface area contributed by atoms with Gasteiger partial charge in [-0.2, -0.15) is 0 Å². The molecule has 15 heavy (non-hydrogen) atoms. The molecule has 0 radical (unpaired) electrons. The first kappa shape index (κ1) is 10.1. The van der Waals surface area contributed by atoms with Crippen LogP contribution in [0.5, 0.6) is 0 Å². The van der Waals surface area contributed by atoms with Crippen molar-refractivity contribution in [3.8, 4) is 0 Å². The summed E-state index contributed by atoms with van der Waals surface area (Å²) < 4.78 is 1.64. The molecule has 0 spiro atoms. The minimum Gasteiger partial charge on any atom is -0.326 e. The van der Waals surface area contributed by atoms with Crippen LogP contribution < -0.4 is 5.73 Å². The number of nitrogens with zero attached hydrogens (tertiary/aromatic N) is 4. The summed E-state index contributed by atoms with van der Waals surface area (Å²) in [5, 5.41) is 12.0. The number of hydrogen-bond donors (Lipinski definition) is 1. The van der Waals surface area contributed by atoms with Crippen molar-refractivity contribution in [3.63, 3.8) is 0 Å². The van der Waals surface area contributed by atoms with E-state index in [4.69, 9.17) is 5.73 Å². The zero-order chi connectivity index (χ0) is 10.7. The largest absolute Gasteiger partial charge is 0.326 e. The highest BCUT2D eigenvalue weighted by atomic mass is 32.2. The Morgan fingerprint density at radius 2 is 2.33 bits per heavy atom. The Morgan fingerprint density at radius 1 is 1.47 bits per heavy atom. The lowest BCUT2D eigenvalue weighted by molar-refractivity contribution is 0.664. The van der Waals surface area contributed by atoms with E-state index < -0.39 is 0 Å². The van der Waals surface area contributed by atoms with E-state index in [0.717, 1.165) is 15.6 Å². The lowest BCUT2D eigenvalue weighted by atomic mass is 10.2. The van der Waals surface area contributed by atoms with E-state index in [9.17, 15) is 0 Å². The second-order valence-electron chi connectivity index (χ2n) is 3.04. The van der Waals surface area contributed by atoms with E-state index in [1.54, 1.807) is 4.68 Å². The fraction of sp³-hybridized carbons (Fsp3) is 0.222. The lowest BCUT2D eigenvalue weighted by Crippen LogP contribution is -1.96. The van der Waals surface area contributed by atoms with Crippen molar-refractivity contribution < 1.29 is 0 Å². The summed E-state index contributed by atoms with van der Waals surface area (Å²) in [6.45, 7) is 0.547. The van der Waals surface area contributed by atoms with E-state index >= 15 is 0 Å². The Kier molecular flexibility index (Phi) is 2.98. The minimum absolute atomic E-state index is 0.547. The topological polar surface area (TPSA) is 69.6 Å². The molecule has 0 amide bonds. The first-order chi connectivity index (χ1) is 7.29. The Bertz CT molecular complexity index is 453. The van der Waals surface area contributed by atoms with Crippen LogP contribution in [0.2, 0.25) is 0 Å². The van der Waals surface area contributed by atoms with E-state index in [2.05, 4.69) is 15.5 Å².